The molecule has 1 aromatic carbocycles. The molecule has 0 radical (unpaired) electrons. The summed E-state index contributed by atoms with van der Waals surface area (Å²) in [7, 11) is 0. The first-order valence-electron chi connectivity index (χ1n) is 6.93. The van der Waals surface area contributed by atoms with Crippen molar-refractivity contribution in [2.24, 2.45) is 5.41 Å². The highest BCUT2D eigenvalue weighted by atomic mass is 35.5. The maximum Gasteiger partial charge on any atom is 0.0595 e. The molecule has 2 rings (SSSR count). The third-order valence-electron chi connectivity index (χ3n) is 4.01. The smallest absolute Gasteiger partial charge is 0.0595 e. The molecule has 19 heavy (non-hydrogen) atoms. The summed E-state index contributed by atoms with van der Waals surface area (Å²) in [6.07, 6.45) is 2.38. The predicted molar refractivity (Wildman–Crippen MR) is 84.3 cm³/mol. The zero-order chi connectivity index (χ0) is 14.3. The van der Waals surface area contributed by atoms with E-state index >= 15 is 0 Å². The van der Waals surface area contributed by atoms with Crippen LogP contribution in [0.3, 0.4) is 0 Å². The van der Waals surface area contributed by atoms with Gasteiger partial charge in [0, 0.05) is 18.0 Å². The quantitative estimate of drug-likeness (QED) is 0.820. The molecule has 1 saturated carbocycles. The predicted octanol–water partition coefficient (Wildman–Crippen LogP) is 5.05. The Kier molecular flexibility index (Phi) is 4.21. The SMILES string of the molecule is CC(C)NCC1(c2ccc(Cl)c(Cl)c2)CC(C)(C)C1. The van der Waals surface area contributed by atoms with Crippen molar-refractivity contribution in [1.82, 2.24) is 5.32 Å². The molecule has 1 aliphatic carbocycles. The minimum atomic E-state index is 0.210. The molecule has 1 nitrogen and oxygen atoms in total. The van der Waals surface area contributed by atoms with Crippen LogP contribution in [0.4, 0.5) is 0 Å². The molecule has 0 atom stereocenters. The maximum atomic E-state index is 6.18. The Morgan fingerprint density at radius 3 is 2.26 bits per heavy atom. The molecule has 0 saturated heterocycles. The second-order valence-corrected chi connectivity index (χ2v) is 7.78. The molecule has 0 bridgehead atoms. The summed E-state index contributed by atoms with van der Waals surface area (Å²) >= 11 is 12.2. The molecule has 3 heteroatoms. The molecule has 106 valence electrons. The minimum absolute atomic E-state index is 0.210. The van der Waals surface area contributed by atoms with Crippen LogP contribution in [0.2, 0.25) is 10.0 Å². The number of hydrogen-bond donors (Lipinski definition) is 1. The average Bonchev–Trinajstić information content (AvgIpc) is 2.27. The highest BCUT2D eigenvalue weighted by Crippen LogP contribution is 2.55. The number of benzene rings is 1. The van der Waals surface area contributed by atoms with Crippen LogP contribution < -0.4 is 5.32 Å². The first kappa shape index (κ1) is 15.2. The van der Waals surface area contributed by atoms with E-state index in [1.165, 1.54) is 18.4 Å². The monoisotopic (exact) mass is 299 g/mol. The van der Waals surface area contributed by atoms with E-state index in [1.54, 1.807) is 0 Å². The Labute approximate surface area is 126 Å². The van der Waals surface area contributed by atoms with Crippen LogP contribution in [0.5, 0.6) is 0 Å². The van der Waals surface area contributed by atoms with Crippen molar-refractivity contribution in [1.29, 1.82) is 0 Å². The number of rotatable bonds is 4. The fourth-order valence-corrected chi connectivity index (χ4v) is 3.74. The van der Waals surface area contributed by atoms with Gasteiger partial charge in [-0.2, -0.15) is 0 Å². The van der Waals surface area contributed by atoms with E-state index in [2.05, 4.69) is 39.1 Å². The number of halogens is 2. The molecule has 1 fully saturated rings. The summed E-state index contributed by atoms with van der Waals surface area (Å²) in [5.41, 5.74) is 1.95. The van der Waals surface area contributed by atoms with Gasteiger partial charge in [-0.1, -0.05) is 57.0 Å². The molecule has 0 aliphatic heterocycles. The fraction of sp³-hybridized carbons (Fsp3) is 0.625. The van der Waals surface area contributed by atoms with Gasteiger partial charge in [0.2, 0.25) is 0 Å². The lowest BCUT2D eigenvalue weighted by Crippen LogP contribution is -2.53. The third-order valence-corrected chi connectivity index (χ3v) is 4.75. The Bertz CT molecular complexity index is 458. The van der Waals surface area contributed by atoms with Crippen LogP contribution in [-0.4, -0.2) is 12.6 Å². The van der Waals surface area contributed by atoms with Crippen molar-refractivity contribution in [3.63, 3.8) is 0 Å². The van der Waals surface area contributed by atoms with Gasteiger partial charge in [0.15, 0.2) is 0 Å². The second kappa shape index (κ2) is 5.27. The molecule has 0 aromatic heterocycles. The van der Waals surface area contributed by atoms with Crippen molar-refractivity contribution >= 4 is 23.2 Å². The molecule has 0 amide bonds. The van der Waals surface area contributed by atoms with Gasteiger partial charge in [-0.25, -0.2) is 0 Å². The fourth-order valence-electron chi connectivity index (χ4n) is 3.44. The van der Waals surface area contributed by atoms with Crippen molar-refractivity contribution in [3.8, 4) is 0 Å². The van der Waals surface area contributed by atoms with Gasteiger partial charge in [-0.05, 0) is 36.0 Å². The molecular formula is C16H23Cl2N. The van der Waals surface area contributed by atoms with Gasteiger partial charge in [0.1, 0.15) is 0 Å². The van der Waals surface area contributed by atoms with Crippen LogP contribution in [-0.2, 0) is 5.41 Å². The average molecular weight is 300 g/mol. The third kappa shape index (κ3) is 3.26. The van der Waals surface area contributed by atoms with Gasteiger partial charge in [0.25, 0.3) is 0 Å². The van der Waals surface area contributed by atoms with E-state index in [0.29, 0.717) is 21.5 Å². The van der Waals surface area contributed by atoms with Gasteiger partial charge in [-0.15, -0.1) is 0 Å². The Morgan fingerprint density at radius 1 is 1.16 bits per heavy atom. The Hall–Kier alpha value is -0.240. The van der Waals surface area contributed by atoms with Gasteiger partial charge < -0.3 is 5.32 Å². The van der Waals surface area contributed by atoms with E-state index in [-0.39, 0.29) is 5.41 Å². The highest BCUT2D eigenvalue weighted by Gasteiger charge is 2.49. The summed E-state index contributed by atoms with van der Waals surface area (Å²) in [5, 5.41) is 4.88. The molecule has 0 spiro atoms. The lowest BCUT2D eigenvalue weighted by molar-refractivity contribution is 0.0548. The summed E-state index contributed by atoms with van der Waals surface area (Å²) in [5.74, 6) is 0. The Balaban J connectivity index is 2.25. The van der Waals surface area contributed by atoms with Gasteiger partial charge in [-0.3, -0.25) is 0 Å². The van der Waals surface area contributed by atoms with E-state index in [4.69, 9.17) is 23.2 Å². The second-order valence-electron chi connectivity index (χ2n) is 6.96. The zero-order valence-electron chi connectivity index (χ0n) is 12.2. The summed E-state index contributed by atoms with van der Waals surface area (Å²) in [6, 6.07) is 6.59. The maximum absolute atomic E-state index is 6.18. The lowest BCUT2D eigenvalue weighted by Gasteiger charge is -2.54. The first-order valence-corrected chi connectivity index (χ1v) is 7.69. The molecule has 0 unspecified atom stereocenters. The highest BCUT2D eigenvalue weighted by molar-refractivity contribution is 6.42. The molecular weight excluding hydrogens is 277 g/mol. The van der Waals surface area contributed by atoms with Crippen LogP contribution >= 0.6 is 23.2 Å². The van der Waals surface area contributed by atoms with E-state index < -0.39 is 0 Å². The Morgan fingerprint density at radius 2 is 1.79 bits per heavy atom. The summed E-state index contributed by atoms with van der Waals surface area (Å²) in [4.78, 5) is 0. The van der Waals surface area contributed by atoms with Crippen LogP contribution in [0.1, 0.15) is 46.1 Å². The largest absolute Gasteiger partial charge is 0.314 e. The van der Waals surface area contributed by atoms with Gasteiger partial charge in [0.05, 0.1) is 10.0 Å². The van der Waals surface area contributed by atoms with Crippen LogP contribution in [0.15, 0.2) is 18.2 Å². The van der Waals surface area contributed by atoms with E-state index in [9.17, 15) is 0 Å². The molecule has 1 aromatic rings. The van der Waals surface area contributed by atoms with Crippen molar-refractivity contribution in [2.75, 3.05) is 6.54 Å². The first-order chi connectivity index (χ1) is 8.74. The standard InChI is InChI=1S/C16H23Cl2N/c1-11(2)19-10-16(8-15(3,4)9-16)12-5-6-13(17)14(18)7-12/h5-7,11,19H,8-10H2,1-4H3. The van der Waals surface area contributed by atoms with E-state index in [0.717, 1.165) is 6.54 Å². The van der Waals surface area contributed by atoms with Crippen LogP contribution in [0, 0.1) is 5.41 Å². The van der Waals surface area contributed by atoms with Crippen molar-refractivity contribution in [3.05, 3.63) is 33.8 Å². The van der Waals surface area contributed by atoms with Gasteiger partial charge >= 0.3 is 0 Å². The van der Waals surface area contributed by atoms with Crippen molar-refractivity contribution < 1.29 is 0 Å². The minimum Gasteiger partial charge on any atom is -0.314 e. The topological polar surface area (TPSA) is 12.0 Å². The summed E-state index contributed by atoms with van der Waals surface area (Å²) < 4.78 is 0. The summed E-state index contributed by atoms with van der Waals surface area (Å²) in [6.45, 7) is 10.0. The van der Waals surface area contributed by atoms with Crippen molar-refractivity contribution in [2.45, 2.75) is 52.0 Å². The zero-order valence-corrected chi connectivity index (χ0v) is 13.7. The molecule has 0 heterocycles. The molecule has 1 aliphatic rings. The normalized spacial score (nSPS) is 20.4. The lowest BCUT2D eigenvalue weighted by atomic mass is 9.52. The number of hydrogen-bond acceptors (Lipinski definition) is 1. The molecule has 1 N–H and O–H groups in total. The number of nitrogens with one attached hydrogen (secondary N) is 1. The van der Waals surface area contributed by atoms with Crippen LogP contribution in [0.25, 0.3) is 0 Å². The van der Waals surface area contributed by atoms with E-state index in [1.807, 2.05) is 12.1 Å².